The Balaban J connectivity index is 2.70. The third kappa shape index (κ3) is 3.93. The van der Waals surface area contributed by atoms with Crippen LogP contribution in [-0.4, -0.2) is 35.5 Å². The first-order chi connectivity index (χ1) is 8.00. The molecule has 1 rings (SSSR count). The fourth-order valence-electron chi connectivity index (χ4n) is 1.25. The molecule has 0 unspecified atom stereocenters. The molecule has 0 aliphatic rings. The van der Waals surface area contributed by atoms with Crippen LogP contribution in [0, 0.1) is 0 Å². The van der Waals surface area contributed by atoms with E-state index in [9.17, 15) is 4.79 Å². The Labute approximate surface area is 107 Å². The smallest absolute Gasteiger partial charge is 0.255 e. The van der Waals surface area contributed by atoms with Gasteiger partial charge in [-0.2, -0.15) is 11.8 Å². The summed E-state index contributed by atoms with van der Waals surface area (Å²) in [5, 5.41) is 5.91. The molecule has 5 heteroatoms. The zero-order valence-corrected chi connectivity index (χ0v) is 11.5. The lowest BCUT2D eigenvalue weighted by atomic mass is 10.2. The molecule has 0 spiro atoms. The highest BCUT2D eigenvalue weighted by atomic mass is 32.2. The minimum atomic E-state index is -0.0930. The van der Waals surface area contributed by atoms with Crippen molar-refractivity contribution in [2.45, 2.75) is 18.6 Å². The van der Waals surface area contributed by atoms with Crippen LogP contribution in [0.15, 0.2) is 18.5 Å². The van der Waals surface area contributed by atoms with Gasteiger partial charge in [-0.25, -0.2) is 0 Å². The normalized spacial score (nSPS) is 11.1. The SMILES string of the molecule is CNc1ccncc1C(=O)NCC(C)(C)SC. The van der Waals surface area contributed by atoms with E-state index in [0.29, 0.717) is 12.1 Å². The number of anilines is 1. The summed E-state index contributed by atoms with van der Waals surface area (Å²) < 4.78 is 0.0394. The Morgan fingerprint density at radius 1 is 1.53 bits per heavy atom. The molecule has 0 fully saturated rings. The lowest BCUT2D eigenvalue weighted by molar-refractivity contribution is 0.0951. The molecule has 1 aromatic rings. The van der Waals surface area contributed by atoms with Gasteiger partial charge in [0.1, 0.15) is 0 Å². The van der Waals surface area contributed by atoms with Crippen LogP contribution in [0.25, 0.3) is 0 Å². The summed E-state index contributed by atoms with van der Waals surface area (Å²) in [6.07, 6.45) is 5.27. The fourth-order valence-corrected chi connectivity index (χ4v) is 1.47. The van der Waals surface area contributed by atoms with Gasteiger partial charge in [-0.3, -0.25) is 9.78 Å². The molecule has 0 aliphatic heterocycles. The second-order valence-electron chi connectivity index (χ2n) is 4.32. The Bertz CT molecular complexity index is 393. The highest BCUT2D eigenvalue weighted by Gasteiger charge is 2.18. The zero-order valence-electron chi connectivity index (χ0n) is 10.7. The van der Waals surface area contributed by atoms with Gasteiger partial charge in [-0.15, -0.1) is 0 Å². The van der Waals surface area contributed by atoms with Gasteiger partial charge in [0.25, 0.3) is 5.91 Å². The van der Waals surface area contributed by atoms with E-state index in [1.165, 1.54) is 0 Å². The number of nitrogens with zero attached hydrogens (tertiary/aromatic N) is 1. The van der Waals surface area contributed by atoms with Gasteiger partial charge < -0.3 is 10.6 Å². The molecule has 0 bridgehead atoms. The molecule has 2 N–H and O–H groups in total. The maximum absolute atomic E-state index is 12.0. The molecule has 0 saturated heterocycles. The molecule has 0 aliphatic carbocycles. The van der Waals surface area contributed by atoms with Crippen molar-refractivity contribution >= 4 is 23.4 Å². The van der Waals surface area contributed by atoms with Crippen LogP contribution >= 0.6 is 11.8 Å². The van der Waals surface area contributed by atoms with E-state index in [2.05, 4.69) is 29.5 Å². The number of thioether (sulfide) groups is 1. The van der Waals surface area contributed by atoms with Crippen molar-refractivity contribution in [2.24, 2.45) is 0 Å². The lowest BCUT2D eigenvalue weighted by Crippen LogP contribution is -2.36. The van der Waals surface area contributed by atoms with Crippen molar-refractivity contribution < 1.29 is 4.79 Å². The van der Waals surface area contributed by atoms with Crippen LogP contribution in [0.3, 0.4) is 0 Å². The van der Waals surface area contributed by atoms with Gasteiger partial charge in [0.05, 0.1) is 5.56 Å². The Hall–Kier alpha value is -1.23. The van der Waals surface area contributed by atoms with Crippen molar-refractivity contribution in [3.63, 3.8) is 0 Å². The van der Waals surface area contributed by atoms with Gasteiger partial charge in [-0.05, 0) is 26.2 Å². The molecular weight excluding hydrogens is 234 g/mol. The van der Waals surface area contributed by atoms with E-state index in [0.717, 1.165) is 5.69 Å². The second-order valence-corrected chi connectivity index (χ2v) is 5.83. The summed E-state index contributed by atoms with van der Waals surface area (Å²) in [4.78, 5) is 16.0. The van der Waals surface area contributed by atoms with Crippen molar-refractivity contribution in [3.8, 4) is 0 Å². The zero-order chi connectivity index (χ0) is 12.9. The number of rotatable bonds is 5. The fraction of sp³-hybridized carbons (Fsp3) is 0.500. The van der Waals surface area contributed by atoms with E-state index >= 15 is 0 Å². The number of aromatic nitrogens is 1. The van der Waals surface area contributed by atoms with Crippen molar-refractivity contribution in [2.75, 3.05) is 25.2 Å². The predicted molar refractivity (Wildman–Crippen MR) is 73.7 cm³/mol. The molecule has 1 amide bonds. The largest absolute Gasteiger partial charge is 0.387 e. The summed E-state index contributed by atoms with van der Waals surface area (Å²) in [6, 6.07) is 1.79. The molecule has 0 radical (unpaired) electrons. The average Bonchev–Trinajstić information content (AvgIpc) is 2.36. The van der Waals surface area contributed by atoms with E-state index in [4.69, 9.17) is 0 Å². The van der Waals surface area contributed by atoms with Crippen LogP contribution in [0.4, 0.5) is 5.69 Å². The van der Waals surface area contributed by atoms with E-state index < -0.39 is 0 Å². The van der Waals surface area contributed by atoms with E-state index in [1.807, 2.05) is 6.26 Å². The van der Waals surface area contributed by atoms with Crippen molar-refractivity contribution in [3.05, 3.63) is 24.0 Å². The maximum atomic E-state index is 12.0. The quantitative estimate of drug-likeness (QED) is 0.842. The average molecular weight is 253 g/mol. The van der Waals surface area contributed by atoms with Crippen LogP contribution in [0.2, 0.25) is 0 Å². The van der Waals surface area contributed by atoms with E-state index in [1.54, 1.807) is 37.3 Å². The molecule has 0 atom stereocenters. The number of hydrogen-bond donors (Lipinski definition) is 2. The summed E-state index contributed by atoms with van der Waals surface area (Å²) >= 11 is 1.73. The van der Waals surface area contributed by atoms with Crippen molar-refractivity contribution in [1.82, 2.24) is 10.3 Å². The number of pyridine rings is 1. The third-order valence-corrected chi connectivity index (χ3v) is 3.81. The van der Waals surface area contributed by atoms with Gasteiger partial charge >= 0.3 is 0 Å². The first kappa shape index (κ1) is 13.8. The second kappa shape index (κ2) is 5.91. The molecule has 1 heterocycles. The van der Waals surface area contributed by atoms with Crippen LogP contribution < -0.4 is 10.6 Å². The van der Waals surface area contributed by atoms with Gasteiger partial charge in [0.15, 0.2) is 0 Å². The molecule has 94 valence electrons. The molecular formula is C12H19N3OS. The molecule has 0 aromatic carbocycles. The van der Waals surface area contributed by atoms with Gasteiger partial charge in [0.2, 0.25) is 0 Å². The number of carbonyl (C=O) groups is 1. The topological polar surface area (TPSA) is 54.0 Å². The van der Waals surface area contributed by atoms with E-state index in [-0.39, 0.29) is 10.7 Å². The highest BCUT2D eigenvalue weighted by Crippen LogP contribution is 2.20. The number of nitrogens with one attached hydrogen (secondary N) is 2. The van der Waals surface area contributed by atoms with Crippen LogP contribution in [-0.2, 0) is 0 Å². The van der Waals surface area contributed by atoms with Crippen molar-refractivity contribution in [1.29, 1.82) is 0 Å². The monoisotopic (exact) mass is 253 g/mol. The van der Waals surface area contributed by atoms with Crippen LogP contribution in [0.1, 0.15) is 24.2 Å². The summed E-state index contributed by atoms with van der Waals surface area (Å²) in [5.41, 5.74) is 1.37. The Morgan fingerprint density at radius 3 is 2.82 bits per heavy atom. The molecule has 1 aromatic heterocycles. The minimum absolute atomic E-state index is 0.0394. The third-order valence-electron chi connectivity index (χ3n) is 2.56. The summed E-state index contributed by atoms with van der Waals surface area (Å²) in [7, 11) is 1.79. The number of amides is 1. The highest BCUT2D eigenvalue weighted by molar-refractivity contribution is 7.99. The first-order valence-corrected chi connectivity index (χ1v) is 6.68. The standard InChI is InChI=1S/C12H19N3OS/c1-12(2,17-4)8-15-11(16)9-7-14-6-5-10(9)13-3/h5-7H,8H2,1-4H3,(H,13,14)(H,15,16). The van der Waals surface area contributed by atoms with Gasteiger partial charge in [-0.1, -0.05) is 0 Å². The lowest BCUT2D eigenvalue weighted by Gasteiger charge is -2.22. The molecule has 17 heavy (non-hydrogen) atoms. The Morgan fingerprint density at radius 2 is 2.24 bits per heavy atom. The number of carbonyl (C=O) groups excluding carboxylic acids is 1. The van der Waals surface area contributed by atoms with Gasteiger partial charge in [0, 0.05) is 36.4 Å². The molecule has 0 saturated carbocycles. The summed E-state index contributed by atoms with van der Waals surface area (Å²) in [6.45, 7) is 4.82. The Kier molecular flexibility index (Phi) is 4.81. The minimum Gasteiger partial charge on any atom is -0.387 e. The predicted octanol–water partition coefficient (Wildman–Crippen LogP) is 1.99. The summed E-state index contributed by atoms with van der Waals surface area (Å²) in [5.74, 6) is -0.0930. The maximum Gasteiger partial charge on any atom is 0.255 e. The first-order valence-electron chi connectivity index (χ1n) is 5.45. The molecule has 4 nitrogen and oxygen atoms in total. The number of hydrogen-bond acceptors (Lipinski definition) is 4. The van der Waals surface area contributed by atoms with Crippen LogP contribution in [0.5, 0.6) is 0 Å².